The Morgan fingerprint density at radius 3 is 2.42 bits per heavy atom. The van der Waals surface area contributed by atoms with Gasteiger partial charge >= 0.3 is 0 Å². The minimum absolute atomic E-state index is 0.0660. The molecule has 1 amide bonds. The lowest BCUT2D eigenvalue weighted by Crippen LogP contribution is -2.26. The van der Waals surface area contributed by atoms with Gasteiger partial charge in [0.1, 0.15) is 16.9 Å². The number of para-hydroxylation sites is 2. The molecule has 0 radical (unpaired) electrons. The monoisotopic (exact) mass is 486 g/mol. The van der Waals surface area contributed by atoms with Crippen molar-refractivity contribution in [3.05, 3.63) is 65.2 Å². The fourth-order valence-electron chi connectivity index (χ4n) is 3.86. The number of hydrogen-bond donors (Lipinski definition) is 2. The van der Waals surface area contributed by atoms with Crippen molar-refractivity contribution in [2.45, 2.75) is 52.6 Å². The average Bonchev–Trinajstić information content (AvgIpc) is 3.10. The maximum atomic E-state index is 13.2. The normalized spacial score (nSPS) is 12.3. The molecule has 0 aliphatic heterocycles. The van der Waals surface area contributed by atoms with E-state index in [1.165, 1.54) is 10.2 Å². The standard InChI is InChI=1S/C28H34N6O2/c1-18(2)36-16-8-15-30-27(35)23-24-26(33-22-10-7-6-9-21(22)32-24)34(25(23)29)31-17-19-11-13-20(14-12-19)28(3,4)5/h6-7,9-14,17-18H,8,15-16,29H2,1-5H3,(H,30,35)/b31-17-. The topological polar surface area (TPSA) is 107 Å². The Kier molecular flexibility index (Phi) is 7.35. The fourth-order valence-corrected chi connectivity index (χ4v) is 3.86. The van der Waals surface area contributed by atoms with E-state index in [0.29, 0.717) is 41.8 Å². The zero-order valence-corrected chi connectivity index (χ0v) is 21.6. The molecule has 8 heteroatoms. The second-order valence-corrected chi connectivity index (χ2v) is 10.1. The summed E-state index contributed by atoms with van der Waals surface area (Å²) in [6, 6.07) is 15.7. The summed E-state index contributed by atoms with van der Waals surface area (Å²) in [6.45, 7) is 11.5. The van der Waals surface area contributed by atoms with Gasteiger partial charge in [0.15, 0.2) is 5.65 Å². The van der Waals surface area contributed by atoms with Crippen LogP contribution in [0.25, 0.3) is 22.2 Å². The van der Waals surface area contributed by atoms with Crippen LogP contribution >= 0.6 is 0 Å². The Hall–Kier alpha value is -3.78. The predicted molar refractivity (Wildman–Crippen MR) is 146 cm³/mol. The summed E-state index contributed by atoms with van der Waals surface area (Å²) in [5, 5.41) is 7.53. The number of nitrogens with two attached hydrogens (primary N) is 1. The largest absolute Gasteiger partial charge is 0.383 e. The summed E-state index contributed by atoms with van der Waals surface area (Å²) in [7, 11) is 0. The van der Waals surface area contributed by atoms with Crippen molar-refractivity contribution in [2.75, 3.05) is 18.9 Å². The number of aromatic nitrogens is 3. The van der Waals surface area contributed by atoms with Crippen LogP contribution in [0.5, 0.6) is 0 Å². The molecule has 4 aromatic rings. The highest BCUT2D eigenvalue weighted by Gasteiger charge is 2.24. The first kappa shape index (κ1) is 25.3. The highest BCUT2D eigenvalue weighted by atomic mass is 16.5. The minimum Gasteiger partial charge on any atom is -0.383 e. The number of fused-ring (bicyclic) bond motifs is 2. The van der Waals surface area contributed by atoms with E-state index in [0.717, 1.165) is 5.56 Å². The van der Waals surface area contributed by atoms with Crippen molar-refractivity contribution in [3.63, 3.8) is 0 Å². The van der Waals surface area contributed by atoms with Crippen LogP contribution in [-0.2, 0) is 10.2 Å². The van der Waals surface area contributed by atoms with E-state index in [2.05, 4.69) is 43.3 Å². The third-order valence-corrected chi connectivity index (χ3v) is 5.86. The maximum Gasteiger partial charge on any atom is 0.257 e. The average molecular weight is 487 g/mol. The van der Waals surface area contributed by atoms with Gasteiger partial charge in [0, 0.05) is 13.2 Å². The summed E-state index contributed by atoms with van der Waals surface area (Å²) in [6.07, 6.45) is 2.56. The fraction of sp³-hybridized carbons (Fsp3) is 0.357. The number of carbonyl (C=O) groups is 1. The third kappa shape index (κ3) is 5.54. The van der Waals surface area contributed by atoms with Gasteiger partial charge in [-0.15, -0.1) is 0 Å². The second kappa shape index (κ2) is 10.5. The number of hydrogen-bond acceptors (Lipinski definition) is 6. The Bertz CT molecular complexity index is 1400. The number of anilines is 1. The van der Waals surface area contributed by atoms with E-state index in [-0.39, 0.29) is 28.8 Å². The lowest BCUT2D eigenvalue weighted by atomic mass is 9.87. The molecule has 4 rings (SSSR count). The van der Waals surface area contributed by atoms with Gasteiger partial charge in [-0.05, 0) is 48.9 Å². The van der Waals surface area contributed by atoms with Crippen LogP contribution in [0.15, 0.2) is 53.6 Å². The number of rotatable bonds is 8. The summed E-state index contributed by atoms with van der Waals surface area (Å²) >= 11 is 0. The van der Waals surface area contributed by atoms with Crippen LogP contribution in [0.2, 0.25) is 0 Å². The molecule has 0 fully saturated rings. The predicted octanol–water partition coefficient (Wildman–Crippen LogP) is 4.89. The van der Waals surface area contributed by atoms with E-state index in [1.807, 2.05) is 50.2 Å². The van der Waals surface area contributed by atoms with Crippen LogP contribution in [0.1, 0.15) is 62.5 Å². The van der Waals surface area contributed by atoms with Crippen LogP contribution in [0.4, 0.5) is 5.82 Å². The molecule has 2 heterocycles. The SMILES string of the molecule is CC(C)OCCCNC(=O)c1c(N)n(/N=C\c2ccc(C(C)(C)C)cc2)c2nc3ccccc3nc12. The number of nitrogens with zero attached hydrogens (tertiary/aromatic N) is 4. The van der Waals surface area contributed by atoms with Gasteiger partial charge in [-0.1, -0.05) is 57.2 Å². The number of ether oxygens (including phenoxy) is 1. The summed E-state index contributed by atoms with van der Waals surface area (Å²) in [4.78, 5) is 22.6. The molecule has 2 aromatic heterocycles. The molecule has 0 aliphatic carbocycles. The third-order valence-electron chi connectivity index (χ3n) is 5.86. The van der Waals surface area contributed by atoms with E-state index in [1.54, 1.807) is 6.21 Å². The Morgan fingerprint density at radius 2 is 1.78 bits per heavy atom. The highest BCUT2D eigenvalue weighted by molar-refractivity contribution is 6.10. The maximum absolute atomic E-state index is 13.2. The zero-order valence-electron chi connectivity index (χ0n) is 21.6. The second-order valence-electron chi connectivity index (χ2n) is 10.1. The van der Waals surface area contributed by atoms with Crippen molar-refractivity contribution in [1.29, 1.82) is 0 Å². The van der Waals surface area contributed by atoms with Gasteiger partial charge in [0.2, 0.25) is 0 Å². The lowest BCUT2D eigenvalue weighted by molar-refractivity contribution is 0.0757. The van der Waals surface area contributed by atoms with Gasteiger partial charge in [0.25, 0.3) is 5.91 Å². The van der Waals surface area contributed by atoms with Gasteiger partial charge in [0.05, 0.1) is 23.4 Å². The first-order valence-corrected chi connectivity index (χ1v) is 12.3. The molecule has 36 heavy (non-hydrogen) atoms. The summed E-state index contributed by atoms with van der Waals surface area (Å²) < 4.78 is 7.04. The highest BCUT2D eigenvalue weighted by Crippen LogP contribution is 2.28. The molecule has 0 bridgehead atoms. The van der Waals surface area contributed by atoms with Gasteiger partial charge in [-0.2, -0.15) is 9.78 Å². The Balaban J connectivity index is 1.69. The first-order chi connectivity index (χ1) is 17.1. The lowest BCUT2D eigenvalue weighted by Gasteiger charge is -2.18. The molecular formula is C28H34N6O2. The Morgan fingerprint density at radius 1 is 1.11 bits per heavy atom. The van der Waals surface area contributed by atoms with Gasteiger partial charge in [-0.25, -0.2) is 9.97 Å². The molecule has 0 spiro atoms. The van der Waals surface area contributed by atoms with Crippen LogP contribution < -0.4 is 11.1 Å². The Labute approximate surface area is 211 Å². The number of amides is 1. The molecule has 188 valence electrons. The smallest absolute Gasteiger partial charge is 0.257 e. The van der Waals surface area contributed by atoms with E-state index >= 15 is 0 Å². The molecule has 0 atom stereocenters. The molecule has 0 saturated carbocycles. The van der Waals surface area contributed by atoms with Gasteiger partial charge < -0.3 is 15.8 Å². The quantitative estimate of drug-likeness (QED) is 0.272. The van der Waals surface area contributed by atoms with Crippen molar-refractivity contribution in [2.24, 2.45) is 5.10 Å². The molecule has 2 aromatic carbocycles. The zero-order chi connectivity index (χ0) is 25.9. The van der Waals surface area contributed by atoms with Crippen LogP contribution in [-0.4, -0.2) is 46.0 Å². The number of nitrogen functional groups attached to an aromatic ring is 1. The molecular weight excluding hydrogens is 452 g/mol. The van der Waals surface area contributed by atoms with Crippen LogP contribution in [0, 0.1) is 0 Å². The van der Waals surface area contributed by atoms with Crippen molar-refractivity contribution in [3.8, 4) is 0 Å². The molecule has 0 unspecified atom stereocenters. The van der Waals surface area contributed by atoms with Crippen molar-refractivity contribution in [1.82, 2.24) is 20.0 Å². The first-order valence-electron chi connectivity index (χ1n) is 12.3. The minimum atomic E-state index is -0.310. The van der Waals surface area contributed by atoms with Crippen molar-refractivity contribution >= 4 is 40.1 Å². The van der Waals surface area contributed by atoms with E-state index in [9.17, 15) is 4.79 Å². The van der Waals surface area contributed by atoms with E-state index in [4.69, 9.17) is 20.4 Å². The molecule has 3 N–H and O–H groups in total. The number of nitrogens with one attached hydrogen (secondary N) is 1. The number of benzene rings is 2. The molecule has 0 aliphatic rings. The summed E-state index contributed by atoms with van der Waals surface area (Å²) in [5.74, 6) is -0.117. The van der Waals surface area contributed by atoms with Crippen molar-refractivity contribution < 1.29 is 9.53 Å². The number of carbonyl (C=O) groups excluding carboxylic acids is 1. The van der Waals surface area contributed by atoms with E-state index < -0.39 is 0 Å². The van der Waals surface area contributed by atoms with Gasteiger partial charge in [-0.3, -0.25) is 4.79 Å². The molecule has 0 saturated heterocycles. The summed E-state index contributed by atoms with van der Waals surface area (Å²) in [5.41, 5.74) is 11.2. The van der Waals surface area contributed by atoms with Crippen LogP contribution in [0.3, 0.4) is 0 Å². The molecule has 8 nitrogen and oxygen atoms in total.